The molecule has 1 heterocycles. The van der Waals surface area contributed by atoms with Crippen molar-refractivity contribution in [2.24, 2.45) is 5.73 Å². The van der Waals surface area contributed by atoms with Crippen molar-refractivity contribution >= 4 is 5.69 Å². The van der Waals surface area contributed by atoms with Gasteiger partial charge in [0.1, 0.15) is 0 Å². The summed E-state index contributed by atoms with van der Waals surface area (Å²) in [6, 6.07) is 9.67. The molecule has 0 spiro atoms. The topological polar surface area (TPSA) is 32.5 Å². The third-order valence-electron chi connectivity index (χ3n) is 4.16. The van der Waals surface area contributed by atoms with E-state index in [0.29, 0.717) is 12.1 Å². The predicted octanol–water partition coefficient (Wildman–Crippen LogP) is 1.85. The molecule has 3 nitrogen and oxygen atoms in total. The molecule has 2 N–H and O–H groups in total. The van der Waals surface area contributed by atoms with Crippen molar-refractivity contribution in [1.82, 2.24) is 4.90 Å². The minimum absolute atomic E-state index is 0.453. The van der Waals surface area contributed by atoms with E-state index in [9.17, 15) is 0 Å². The fourth-order valence-corrected chi connectivity index (χ4v) is 2.75. The Kier molecular flexibility index (Phi) is 4.25. The summed E-state index contributed by atoms with van der Waals surface area (Å²) in [6.45, 7) is 7.39. The molecule has 0 amide bonds. The predicted molar refractivity (Wildman–Crippen MR) is 78.1 cm³/mol. The Morgan fingerprint density at radius 3 is 2.72 bits per heavy atom. The molecule has 100 valence electrons. The van der Waals surface area contributed by atoms with E-state index >= 15 is 0 Å². The van der Waals surface area contributed by atoms with E-state index in [1.165, 1.54) is 17.7 Å². The Labute approximate surface area is 111 Å². The Morgan fingerprint density at radius 2 is 2.06 bits per heavy atom. The van der Waals surface area contributed by atoms with Crippen LogP contribution < -0.4 is 10.6 Å². The lowest BCUT2D eigenvalue weighted by Crippen LogP contribution is -2.45. The number of benzene rings is 1. The van der Waals surface area contributed by atoms with Crippen molar-refractivity contribution in [3.8, 4) is 0 Å². The summed E-state index contributed by atoms with van der Waals surface area (Å²) < 4.78 is 0. The largest absolute Gasteiger partial charge is 0.367 e. The molecule has 1 aromatic rings. The monoisotopic (exact) mass is 247 g/mol. The molecule has 2 atom stereocenters. The molecule has 3 heteroatoms. The molecule has 1 saturated heterocycles. The van der Waals surface area contributed by atoms with Crippen LogP contribution in [-0.2, 0) is 0 Å². The quantitative estimate of drug-likeness (QED) is 0.866. The van der Waals surface area contributed by atoms with E-state index in [2.05, 4.69) is 55.0 Å². The maximum atomic E-state index is 5.92. The fraction of sp³-hybridized carbons (Fsp3) is 0.600. The fourth-order valence-electron chi connectivity index (χ4n) is 2.75. The highest BCUT2D eigenvalue weighted by atomic mass is 15.3. The second-order valence-corrected chi connectivity index (χ2v) is 5.45. The van der Waals surface area contributed by atoms with Crippen LogP contribution in [0.1, 0.15) is 18.9 Å². The Morgan fingerprint density at radius 1 is 1.33 bits per heavy atom. The number of nitrogens with two attached hydrogens (primary N) is 1. The van der Waals surface area contributed by atoms with Crippen LogP contribution in [0, 0.1) is 6.92 Å². The van der Waals surface area contributed by atoms with E-state index < -0.39 is 0 Å². The summed E-state index contributed by atoms with van der Waals surface area (Å²) in [4.78, 5) is 4.92. The molecule has 0 aromatic heterocycles. The number of rotatable bonds is 2. The zero-order valence-corrected chi connectivity index (χ0v) is 11.8. The number of nitrogens with zero attached hydrogens (tertiary/aromatic N) is 2. The number of likely N-dealkylation sites (N-methyl/N-ethyl adjacent to an activating group) is 1. The zero-order chi connectivity index (χ0) is 13.1. The summed E-state index contributed by atoms with van der Waals surface area (Å²) in [5.74, 6) is 0. The van der Waals surface area contributed by atoms with Gasteiger partial charge < -0.3 is 15.5 Å². The number of hydrogen-bond donors (Lipinski definition) is 1. The van der Waals surface area contributed by atoms with E-state index in [4.69, 9.17) is 5.73 Å². The molecule has 0 bridgehead atoms. The number of anilines is 1. The van der Waals surface area contributed by atoms with Crippen molar-refractivity contribution in [2.75, 3.05) is 31.6 Å². The summed E-state index contributed by atoms with van der Waals surface area (Å²) in [7, 11) is 2.19. The zero-order valence-electron chi connectivity index (χ0n) is 11.8. The lowest BCUT2D eigenvalue weighted by Gasteiger charge is -2.33. The van der Waals surface area contributed by atoms with Crippen LogP contribution in [0.4, 0.5) is 5.69 Å². The first-order valence-corrected chi connectivity index (χ1v) is 6.86. The van der Waals surface area contributed by atoms with Gasteiger partial charge in [-0.2, -0.15) is 0 Å². The molecule has 1 aliphatic heterocycles. The van der Waals surface area contributed by atoms with Crippen molar-refractivity contribution in [3.05, 3.63) is 29.8 Å². The Balaban J connectivity index is 2.27. The van der Waals surface area contributed by atoms with Gasteiger partial charge >= 0.3 is 0 Å². The van der Waals surface area contributed by atoms with Crippen LogP contribution in [0.2, 0.25) is 0 Å². The molecular weight excluding hydrogens is 222 g/mol. The molecule has 1 aliphatic rings. The standard InChI is InChI=1S/C15H25N3/c1-12-6-4-5-7-15(12)18-11-14(10-16)17(3)9-8-13(18)2/h4-7,13-14H,8-11,16H2,1-3H3. The van der Waals surface area contributed by atoms with Gasteiger partial charge in [-0.25, -0.2) is 0 Å². The summed E-state index contributed by atoms with van der Waals surface area (Å²) >= 11 is 0. The average molecular weight is 247 g/mol. The first kappa shape index (κ1) is 13.4. The Bertz CT molecular complexity index is 391. The van der Waals surface area contributed by atoms with E-state index in [0.717, 1.165) is 19.6 Å². The second kappa shape index (κ2) is 5.72. The Hall–Kier alpha value is -1.06. The van der Waals surface area contributed by atoms with Crippen LogP contribution in [0.5, 0.6) is 0 Å². The van der Waals surface area contributed by atoms with E-state index in [1.54, 1.807) is 0 Å². The highest BCUT2D eigenvalue weighted by Gasteiger charge is 2.26. The minimum atomic E-state index is 0.453. The third-order valence-corrected chi connectivity index (χ3v) is 4.16. The molecule has 0 saturated carbocycles. The highest BCUT2D eigenvalue weighted by Crippen LogP contribution is 2.25. The number of aryl methyl sites for hydroxylation is 1. The molecule has 2 rings (SSSR count). The first-order chi connectivity index (χ1) is 8.63. The van der Waals surface area contributed by atoms with Gasteiger partial charge in [0.25, 0.3) is 0 Å². The molecular formula is C15H25N3. The van der Waals surface area contributed by atoms with Crippen molar-refractivity contribution in [1.29, 1.82) is 0 Å². The van der Waals surface area contributed by atoms with Crippen LogP contribution in [0.15, 0.2) is 24.3 Å². The molecule has 18 heavy (non-hydrogen) atoms. The third kappa shape index (κ3) is 2.68. The van der Waals surface area contributed by atoms with Gasteiger partial charge in [-0.3, -0.25) is 0 Å². The normalized spacial score (nSPS) is 26.1. The molecule has 0 aliphatic carbocycles. The van der Waals surface area contributed by atoms with Gasteiger partial charge in [-0.1, -0.05) is 18.2 Å². The SMILES string of the molecule is Cc1ccccc1N1CC(CN)N(C)CCC1C. The average Bonchev–Trinajstić information content (AvgIpc) is 2.51. The maximum Gasteiger partial charge on any atom is 0.0398 e. The lowest BCUT2D eigenvalue weighted by atomic mass is 10.1. The number of para-hydroxylation sites is 1. The summed E-state index contributed by atoms with van der Waals surface area (Å²) in [5, 5.41) is 0. The van der Waals surface area contributed by atoms with Gasteiger partial charge in [0, 0.05) is 37.4 Å². The molecule has 2 unspecified atom stereocenters. The highest BCUT2D eigenvalue weighted by molar-refractivity contribution is 5.54. The van der Waals surface area contributed by atoms with Crippen LogP contribution >= 0.6 is 0 Å². The van der Waals surface area contributed by atoms with Gasteiger partial charge in [0.15, 0.2) is 0 Å². The van der Waals surface area contributed by atoms with E-state index in [1.807, 2.05) is 0 Å². The summed E-state index contributed by atoms with van der Waals surface area (Å²) in [6.07, 6.45) is 1.20. The van der Waals surface area contributed by atoms with Crippen LogP contribution in [-0.4, -0.2) is 43.7 Å². The maximum absolute atomic E-state index is 5.92. The van der Waals surface area contributed by atoms with Crippen molar-refractivity contribution < 1.29 is 0 Å². The van der Waals surface area contributed by atoms with Crippen molar-refractivity contribution in [3.63, 3.8) is 0 Å². The molecule has 1 aromatic carbocycles. The minimum Gasteiger partial charge on any atom is -0.367 e. The first-order valence-electron chi connectivity index (χ1n) is 6.86. The molecule has 1 fully saturated rings. The lowest BCUT2D eigenvalue weighted by molar-refractivity contribution is 0.265. The van der Waals surface area contributed by atoms with Crippen molar-refractivity contribution in [2.45, 2.75) is 32.4 Å². The van der Waals surface area contributed by atoms with Crippen LogP contribution in [0.25, 0.3) is 0 Å². The summed E-state index contributed by atoms with van der Waals surface area (Å²) in [5.41, 5.74) is 8.63. The van der Waals surface area contributed by atoms with Gasteiger partial charge in [0.2, 0.25) is 0 Å². The van der Waals surface area contributed by atoms with Gasteiger partial charge in [-0.05, 0) is 38.9 Å². The van der Waals surface area contributed by atoms with Gasteiger partial charge in [-0.15, -0.1) is 0 Å². The van der Waals surface area contributed by atoms with Gasteiger partial charge in [0.05, 0.1) is 0 Å². The van der Waals surface area contributed by atoms with Crippen LogP contribution in [0.3, 0.4) is 0 Å². The molecule has 0 radical (unpaired) electrons. The van der Waals surface area contributed by atoms with E-state index in [-0.39, 0.29) is 0 Å². The second-order valence-electron chi connectivity index (χ2n) is 5.45. The smallest absolute Gasteiger partial charge is 0.0398 e. The number of hydrogen-bond acceptors (Lipinski definition) is 3.